The Morgan fingerprint density at radius 1 is 0.830 bits per heavy atom. The average Bonchev–Trinajstić information content (AvgIpc) is 3.06. The Labute approximate surface area is 268 Å². The molecular weight excluding hydrogens is 632 g/mol. The van der Waals surface area contributed by atoms with Gasteiger partial charge in [0.05, 0.1) is 38.1 Å². The van der Waals surface area contributed by atoms with Gasteiger partial charge in [0, 0.05) is 17.9 Å². The third-order valence-electron chi connectivity index (χ3n) is 8.07. The number of phenols is 1. The molecule has 0 aliphatic carbocycles. The summed E-state index contributed by atoms with van der Waals surface area (Å²) in [6, 6.07) is 6.23. The van der Waals surface area contributed by atoms with Crippen LogP contribution in [0.4, 0.5) is 0 Å². The molecule has 12 atom stereocenters. The first-order chi connectivity index (χ1) is 22.4. The molecule has 4 rings (SSSR count). The maximum absolute atomic E-state index is 13.3. The van der Waals surface area contributed by atoms with E-state index in [0.717, 1.165) is 11.8 Å². The second-order valence-electron chi connectivity index (χ2n) is 11.2. The third kappa shape index (κ3) is 8.45. The summed E-state index contributed by atoms with van der Waals surface area (Å²) >= 11 is 0. The Morgan fingerprint density at radius 3 is 1.98 bits per heavy atom. The Kier molecular flexibility index (Phi) is 12.7. The Bertz CT molecular complexity index is 1260. The summed E-state index contributed by atoms with van der Waals surface area (Å²) < 4.78 is 32.7. The molecule has 2 saturated heterocycles. The summed E-state index contributed by atoms with van der Waals surface area (Å²) in [5.41, 5.74) is 0.718. The van der Waals surface area contributed by atoms with Crippen LogP contribution in [0.3, 0.4) is 0 Å². The molecular formula is C30H40O17. The van der Waals surface area contributed by atoms with Crippen LogP contribution in [-0.4, -0.2) is 145 Å². The van der Waals surface area contributed by atoms with Crippen LogP contribution < -0.4 is 0 Å². The van der Waals surface area contributed by atoms with E-state index in [-0.39, 0.29) is 29.9 Å². The van der Waals surface area contributed by atoms with Crippen molar-refractivity contribution in [1.29, 1.82) is 0 Å². The van der Waals surface area contributed by atoms with Gasteiger partial charge in [0.15, 0.2) is 6.29 Å². The average molecular weight is 673 g/mol. The number of rotatable bonds is 11. The van der Waals surface area contributed by atoms with Crippen LogP contribution in [0.5, 0.6) is 5.75 Å². The van der Waals surface area contributed by atoms with E-state index in [1.165, 1.54) is 25.1 Å². The first kappa shape index (κ1) is 36.6. The van der Waals surface area contributed by atoms with Gasteiger partial charge in [-0.2, -0.15) is 0 Å². The van der Waals surface area contributed by atoms with E-state index in [4.69, 9.17) is 28.4 Å². The fourth-order valence-corrected chi connectivity index (χ4v) is 5.32. The van der Waals surface area contributed by atoms with E-state index in [1.54, 1.807) is 12.1 Å². The van der Waals surface area contributed by atoms with E-state index in [2.05, 4.69) is 0 Å². The summed E-state index contributed by atoms with van der Waals surface area (Å²) in [4.78, 5) is 26.5. The number of aliphatic hydroxyl groups excluding tert-OH is 8. The van der Waals surface area contributed by atoms with Crippen LogP contribution in [0.2, 0.25) is 0 Å². The lowest BCUT2D eigenvalue weighted by atomic mass is 9.86. The second kappa shape index (κ2) is 16.3. The minimum atomic E-state index is -1.88. The molecule has 17 nitrogen and oxygen atoms in total. The van der Waals surface area contributed by atoms with E-state index in [0.29, 0.717) is 0 Å². The molecule has 3 heterocycles. The molecule has 0 aromatic heterocycles. The zero-order valence-corrected chi connectivity index (χ0v) is 25.2. The SMILES string of the molecule is CC=C1[C@@H](O[C@H]2O[C@@H](CO)[C@H](O)[C@H](O)[C@H]2O)OC=C(C(=O)OCCc2ccc(O)cc2)[C@@H]1CC(=O)O[C@H]1O[C@@H](CO)[C@H](O)[C@@H](O)[C@@H]1O. The smallest absolute Gasteiger partial charge is 0.337 e. The van der Waals surface area contributed by atoms with Crippen molar-refractivity contribution in [3.8, 4) is 5.75 Å². The summed E-state index contributed by atoms with van der Waals surface area (Å²) in [6.45, 7) is -0.0584. The van der Waals surface area contributed by atoms with Crippen molar-refractivity contribution < 1.29 is 84.0 Å². The molecule has 2 fully saturated rings. The summed E-state index contributed by atoms with van der Waals surface area (Å²) in [5, 5.41) is 89.6. The van der Waals surface area contributed by atoms with Gasteiger partial charge < -0.3 is 74.4 Å². The highest BCUT2D eigenvalue weighted by molar-refractivity contribution is 5.91. The van der Waals surface area contributed by atoms with E-state index >= 15 is 0 Å². The molecule has 0 spiro atoms. The highest BCUT2D eigenvalue weighted by Gasteiger charge is 2.48. The van der Waals surface area contributed by atoms with Gasteiger partial charge in [0.2, 0.25) is 12.6 Å². The number of aliphatic hydroxyl groups is 8. The molecule has 0 saturated carbocycles. The van der Waals surface area contributed by atoms with E-state index in [1.807, 2.05) is 0 Å². The fourth-order valence-electron chi connectivity index (χ4n) is 5.32. The minimum absolute atomic E-state index is 0.0630. The zero-order valence-electron chi connectivity index (χ0n) is 25.2. The Hall–Kier alpha value is -3.20. The van der Waals surface area contributed by atoms with Crippen molar-refractivity contribution in [2.24, 2.45) is 5.92 Å². The number of ether oxygens (including phenoxy) is 6. The third-order valence-corrected chi connectivity index (χ3v) is 8.07. The number of hydrogen-bond acceptors (Lipinski definition) is 17. The zero-order chi connectivity index (χ0) is 34.4. The normalized spacial score (nSPS) is 36.7. The van der Waals surface area contributed by atoms with Crippen molar-refractivity contribution in [2.45, 2.75) is 87.5 Å². The van der Waals surface area contributed by atoms with Gasteiger partial charge in [-0.15, -0.1) is 0 Å². The van der Waals surface area contributed by atoms with Crippen molar-refractivity contribution in [3.05, 3.63) is 53.3 Å². The molecule has 1 aromatic carbocycles. The molecule has 0 bridgehead atoms. The summed E-state index contributed by atoms with van der Waals surface area (Å²) in [7, 11) is 0. The lowest BCUT2D eigenvalue weighted by Crippen LogP contribution is -2.60. The maximum atomic E-state index is 13.3. The topological polar surface area (TPSA) is 272 Å². The van der Waals surface area contributed by atoms with Gasteiger partial charge in [0.25, 0.3) is 0 Å². The molecule has 3 aliphatic heterocycles. The lowest BCUT2D eigenvalue weighted by Gasteiger charge is -2.42. The summed E-state index contributed by atoms with van der Waals surface area (Å²) in [5.74, 6) is -3.06. The number of aromatic hydroxyl groups is 1. The number of benzene rings is 1. The largest absolute Gasteiger partial charge is 0.508 e. The number of carbonyl (C=O) groups excluding carboxylic acids is 2. The maximum Gasteiger partial charge on any atom is 0.337 e. The van der Waals surface area contributed by atoms with Crippen molar-refractivity contribution in [3.63, 3.8) is 0 Å². The number of phenolic OH excluding ortho intramolecular Hbond substituents is 1. The van der Waals surface area contributed by atoms with Gasteiger partial charge >= 0.3 is 11.9 Å². The molecule has 262 valence electrons. The summed E-state index contributed by atoms with van der Waals surface area (Å²) in [6.07, 6.45) is -16.1. The van der Waals surface area contributed by atoms with Crippen LogP contribution in [-0.2, 0) is 44.4 Å². The fraction of sp³-hybridized carbons (Fsp3) is 0.600. The van der Waals surface area contributed by atoms with Crippen LogP contribution >= 0.6 is 0 Å². The van der Waals surface area contributed by atoms with Gasteiger partial charge in [-0.3, -0.25) is 4.79 Å². The highest BCUT2D eigenvalue weighted by Crippen LogP contribution is 2.37. The van der Waals surface area contributed by atoms with Crippen molar-refractivity contribution in [1.82, 2.24) is 0 Å². The molecule has 0 unspecified atom stereocenters. The number of esters is 2. The number of hydrogen-bond donors (Lipinski definition) is 9. The Balaban J connectivity index is 1.53. The minimum Gasteiger partial charge on any atom is -0.508 e. The molecule has 17 heteroatoms. The predicted molar refractivity (Wildman–Crippen MR) is 152 cm³/mol. The predicted octanol–water partition coefficient (Wildman–Crippen LogP) is -3.17. The van der Waals surface area contributed by atoms with E-state index in [9.17, 15) is 55.5 Å². The molecule has 0 radical (unpaired) electrons. The van der Waals surface area contributed by atoms with Crippen LogP contribution in [0.1, 0.15) is 18.9 Å². The highest BCUT2D eigenvalue weighted by atomic mass is 16.8. The molecule has 0 amide bonds. The molecule has 1 aromatic rings. The Morgan fingerprint density at radius 2 is 1.40 bits per heavy atom. The van der Waals surface area contributed by atoms with Gasteiger partial charge in [-0.1, -0.05) is 18.2 Å². The number of carbonyl (C=O) groups is 2. The van der Waals surface area contributed by atoms with Crippen molar-refractivity contribution >= 4 is 11.9 Å². The first-order valence-electron chi connectivity index (χ1n) is 14.8. The van der Waals surface area contributed by atoms with Crippen LogP contribution in [0.25, 0.3) is 0 Å². The van der Waals surface area contributed by atoms with Crippen molar-refractivity contribution in [2.75, 3.05) is 19.8 Å². The number of allylic oxidation sites excluding steroid dienone is 1. The monoisotopic (exact) mass is 672 g/mol. The molecule has 47 heavy (non-hydrogen) atoms. The lowest BCUT2D eigenvalue weighted by molar-refractivity contribution is -0.327. The van der Waals surface area contributed by atoms with Gasteiger partial charge in [-0.25, -0.2) is 4.79 Å². The first-order valence-corrected chi connectivity index (χ1v) is 14.8. The van der Waals surface area contributed by atoms with Crippen LogP contribution in [0.15, 0.2) is 47.7 Å². The quantitative estimate of drug-likeness (QED) is 0.0828. The van der Waals surface area contributed by atoms with Gasteiger partial charge in [0.1, 0.15) is 54.6 Å². The molecule has 9 N–H and O–H groups in total. The second-order valence-corrected chi connectivity index (χ2v) is 11.2. The van der Waals surface area contributed by atoms with E-state index < -0.39 is 105 Å². The molecule has 3 aliphatic rings. The van der Waals surface area contributed by atoms with Crippen LogP contribution in [0, 0.1) is 5.92 Å². The van der Waals surface area contributed by atoms with Gasteiger partial charge in [-0.05, 0) is 24.6 Å². The standard InChI is InChI=1S/C30H40O17/c1-2-15-16(9-20(34)46-29-25(39)23(37)21(35)18(10-31)44-29)17(27(41)42-8-7-13-3-5-14(33)6-4-13)12-43-28(15)47-30-26(40)24(38)22(36)19(11-32)45-30/h2-6,12,16,18-19,21-26,28-33,35-40H,7-11H2,1H3/t16-,18+,19+,21+,22+,23-,24+,25+,26-,28-,29-,30-/m1/s1.